The van der Waals surface area contributed by atoms with Gasteiger partial charge in [-0.3, -0.25) is 4.79 Å². The number of hydrogen-bond acceptors (Lipinski definition) is 3. The molecule has 0 spiro atoms. The van der Waals surface area contributed by atoms with Gasteiger partial charge in [0.2, 0.25) is 0 Å². The van der Waals surface area contributed by atoms with Gasteiger partial charge in [0.15, 0.2) is 0 Å². The Bertz CT molecular complexity index is 564. The number of carbonyl (C=O) groups is 1. The van der Waals surface area contributed by atoms with Gasteiger partial charge in [-0.15, -0.1) is 11.3 Å². The van der Waals surface area contributed by atoms with Crippen molar-refractivity contribution in [1.29, 1.82) is 0 Å². The minimum absolute atomic E-state index is 0.0158. The second kappa shape index (κ2) is 7.10. The highest BCUT2D eigenvalue weighted by Gasteiger charge is 2.09. The summed E-state index contributed by atoms with van der Waals surface area (Å²) in [6.07, 6.45) is 1.09. The van der Waals surface area contributed by atoms with E-state index in [1.165, 1.54) is 0 Å². The van der Waals surface area contributed by atoms with Gasteiger partial charge >= 0.3 is 0 Å². The third kappa shape index (κ3) is 3.84. The molecular formula is C16H20N2OS. The van der Waals surface area contributed by atoms with Crippen molar-refractivity contribution in [3.05, 3.63) is 51.7 Å². The molecule has 2 N–H and O–H groups in total. The van der Waals surface area contributed by atoms with Gasteiger partial charge in [-0.25, -0.2) is 0 Å². The molecule has 0 bridgehead atoms. The Morgan fingerprint density at radius 1 is 1.30 bits per heavy atom. The van der Waals surface area contributed by atoms with Crippen molar-refractivity contribution in [2.45, 2.75) is 26.8 Å². The van der Waals surface area contributed by atoms with Gasteiger partial charge in [-0.2, -0.15) is 0 Å². The summed E-state index contributed by atoms with van der Waals surface area (Å²) in [5.41, 5.74) is 2.80. The van der Waals surface area contributed by atoms with E-state index in [1.54, 1.807) is 11.3 Å². The second-order valence-corrected chi connectivity index (χ2v) is 5.75. The van der Waals surface area contributed by atoms with Crippen molar-refractivity contribution >= 4 is 22.9 Å². The van der Waals surface area contributed by atoms with Crippen LogP contribution in [-0.4, -0.2) is 12.5 Å². The Morgan fingerprint density at radius 3 is 2.80 bits per heavy atom. The molecule has 1 heterocycles. The number of amides is 1. The summed E-state index contributed by atoms with van der Waals surface area (Å²) in [5, 5.41) is 8.30. The van der Waals surface area contributed by atoms with E-state index in [9.17, 15) is 4.79 Å². The standard InChI is InChI=1S/C16H20N2OS/c1-3-8-17-13-6-7-15(12(2)10-13)16(19)18-11-14-5-4-9-20-14/h4-7,9-10,17H,3,8,11H2,1-2H3,(H,18,19). The Kier molecular flexibility index (Phi) is 5.18. The van der Waals surface area contributed by atoms with E-state index in [2.05, 4.69) is 17.6 Å². The molecule has 0 atom stereocenters. The van der Waals surface area contributed by atoms with Gasteiger partial charge in [0.05, 0.1) is 6.54 Å². The SMILES string of the molecule is CCCNc1ccc(C(=O)NCc2cccs2)c(C)c1. The zero-order valence-corrected chi connectivity index (χ0v) is 12.7. The highest BCUT2D eigenvalue weighted by molar-refractivity contribution is 7.09. The van der Waals surface area contributed by atoms with E-state index in [-0.39, 0.29) is 5.91 Å². The topological polar surface area (TPSA) is 41.1 Å². The molecule has 0 fully saturated rings. The van der Waals surface area contributed by atoms with Gasteiger partial charge in [-0.1, -0.05) is 13.0 Å². The molecule has 1 amide bonds. The van der Waals surface area contributed by atoms with Crippen LogP contribution in [0.4, 0.5) is 5.69 Å². The van der Waals surface area contributed by atoms with Gasteiger partial charge in [0, 0.05) is 22.7 Å². The number of hydrogen-bond donors (Lipinski definition) is 2. The first kappa shape index (κ1) is 14.6. The van der Waals surface area contributed by atoms with Crippen LogP contribution in [0, 0.1) is 6.92 Å². The van der Waals surface area contributed by atoms with Crippen LogP contribution in [0.15, 0.2) is 35.7 Å². The number of benzene rings is 1. The fourth-order valence-corrected chi connectivity index (χ4v) is 2.62. The lowest BCUT2D eigenvalue weighted by atomic mass is 10.1. The van der Waals surface area contributed by atoms with Crippen molar-refractivity contribution in [1.82, 2.24) is 5.32 Å². The number of rotatable bonds is 6. The fourth-order valence-electron chi connectivity index (χ4n) is 1.97. The zero-order valence-electron chi connectivity index (χ0n) is 11.9. The van der Waals surface area contributed by atoms with Crippen molar-refractivity contribution in [2.24, 2.45) is 0 Å². The van der Waals surface area contributed by atoms with Crippen LogP contribution in [0.25, 0.3) is 0 Å². The Morgan fingerprint density at radius 2 is 2.15 bits per heavy atom. The molecule has 20 heavy (non-hydrogen) atoms. The number of aryl methyl sites for hydroxylation is 1. The number of anilines is 1. The second-order valence-electron chi connectivity index (χ2n) is 4.72. The largest absolute Gasteiger partial charge is 0.385 e. The molecule has 1 aromatic carbocycles. The minimum Gasteiger partial charge on any atom is -0.385 e. The van der Waals surface area contributed by atoms with Crippen LogP contribution in [0.2, 0.25) is 0 Å². The van der Waals surface area contributed by atoms with Crippen LogP contribution < -0.4 is 10.6 Å². The van der Waals surface area contributed by atoms with Crippen LogP contribution in [-0.2, 0) is 6.54 Å². The molecule has 2 aromatic rings. The molecular weight excluding hydrogens is 268 g/mol. The average molecular weight is 288 g/mol. The van der Waals surface area contributed by atoms with E-state index in [1.807, 2.05) is 42.6 Å². The normalized spacial score (nSPS) is 10.3. The molecule has 0 saturated carbocycles. The molecule has 0 unspecified atom stereocenters. The maximum absolute atomic E-state index is 12.2. The Hall–Kier alpha value is -1.81. The fraction of sp³-hybridized carbons (Fsp3) is 0.312. The maximum atomic E-state index is 12.2. The lowest BCUT2D eigenvalue weighted by Gasteiger charge is -2.10. The quantitative estimate of drug-likeness (QED) is 0.848. The van der Waals surface area contributed by atoms with Crippen molar-refractivity contribution < 1.29 is 4.79 Å². The predicted octanol–water partition coefficient (Wildman–Crippen LogP) is 3.81. The van der Waals surface area contributed by atoms with Crippen LogP contribution in [0.3, 0.4) is 0 Å². The third-order valence-corrected chi connectivity index (χ3v) is 3.93. The lowest BCUT2D eigenvalue weighted by molar-refractivity contribution is 0.0950. The molecule has 1 aromatic heterocycles. The molecule has 0 radical (unpaired) electrons. The maximum Gasteiger partial charge on any atom is 0.251 e. The summed E-state index contributed by atoms with van der Waals surface area (Å²) in [5.74, 6) is -0.0158. The minimum atomic E-state index is -0.0158. The highest BCUT2D eigenvalue weighted by Crippen LogP contribution is 2.16. The number of carbonyl (C=O) groups excluding carboxylic acids is 1. The van der Waals surface area contributed by atoms with Crippen LogP contribution >= 0.6 is 11.3 Å². The van der Waals surface area contributed by atoms with E-state index in [4.69, 9.17) is 0 Å². The summed E-state index contributed by atoms with van der Waals surface area (Å²) < 4.78 is 0. The Labute approximate surface area is 124 Å². The van der Waals surface area contributed by atoms with E-state index in [0.717, 1.165) is 34.7 Å². The molecule has 4 heteroatoms. The number of thiophene rings is 1. The molecule has 3 nitrogen and oxygen atoms in total. The molecule has 0 aliphatic rings. The first-order valence-electron chi connectivity index (χ1n) is 6.86. The molecule has 106 valence electrons. The molecule has 0 aliphatic carbocycles. The van der Waals surface area contributed by atoms with Crippen molar-refractivity contribution in [3.63, 3.8) is 0 Å². The first-order valence-corrected chi connectivity index (χ1v) is 7.73. The first-order chi connectivity index (χ1) is 9.70. The lowest BCUT2D eigenvalue weighted by Crippen LogP contribution is -2.23. The molecule has 0 aliphatic heterocycles. The van der Waals surface area contributed by atoms with Crippen molar-refractivity contribution in [3.8, 4) is 0 Å². The highest BCUT2D eigenvalue weighted by atomic mass is 32.1. The van der Waals surface area contributed by atoms with Gasteiger partial charge < -0.3 is 10.6 Å². The summed E-state index contributed by atoms with van der Waals surface area (Å²) in [7, 11) is 0. The molecule has 0 saturated heterocycles. The van der Waals surface area contributed by atoms with Crippen LogP contribution in [0.1, 0.15) is 34.1 Å². The summed E-state index contributed by atoms with van der Waals surface area (Å²) in [6, 6.07) is 9.89. The van der Waals surface area contributed by atoms with E-state index < -0.39 is 0 Å². The average Bonchev–Trinajstić information content (AvgIpc) is 2.96. The smallest absolute Gasteiger partial charge is 0.251 e. The van der Waals surface area contributed by atoms with E-state index in [0.29, 0.717) is 6.54 Å². The van der Waals surface area contributed by atoms with Gasteiger partial charge in [0.25, 0.3) is 5.91 Å². The summed E-state index contributed by atoms with van der Waals surface area (Å²) in [6.45, 7) is 5.64. The van der Waals surface area contributed by atoms with Gasteiger partial charge in [-0.05, 0) is 48.6 Å². The van der Waals surface area contributed by atoms with Crippen LogP contribution in [0.5, 0.6) is 0 Å². The summed E-state index contributed by atoms with van der Waals surface area (Å²) >= 11 is 1.65. The monoisotopic (exact) mass is 288 g/mol. The van der Waals surface area contributed by atoms with E-state index >= 15 is 0 Å². The Balaban J connectivity index is 1.98. The number of nitrogens with one attached hydrogen (secondary N) is 2. The molecule has 2 rings (SSSR count). The van der Waals surface area contributed by atoms with Gasteiger partial charge in [0.1, 0.15) is 0 Å². The predicted molar refractivity (Wildman–Crippen MR) is 85.4 cm³/mol. The summed E-state index contributed by atoms with van der Waals surface area (Å²) in [4.78, 5) is 13.3. The third-order valence-electron chi connectivity index (χ3n) is 3.05. The zero-order chi connectivity index (χ0) is 14.4. The van der Waals surface area contributed by atoms with Crippen molar-refractivity contribution in [2.75, 3.05) is 11.9 Å².